The lowest BCUT2D eigenvalue weighted by molar-refractivity contribution is 0.100. The Morgan fingerprint density at radius 2 is 1.92 bits per heavy atom. The highest BCUT2D eigenvalue weighted by Crippen LogP contribution is 2.30. The van der Waals surface area contributed by atoms with Gasteiger partial charge in [0.2, 0.25) is 0 Å². The zero-order chi connectivity index (χ0) is 18.0. The molecule has 0 saturated carbocycles. The van der Waals surface area contributed by atoms with E-state index in [4.69, 9.17) is 15.2 Å². The number of hydrogen-bond donors (Lipinski definition) is 2. The lowest BCUT2D eigenvalue weighted by atomic mass is 10.2. The van der Waals surface area contributed by atoms with E-state index in [9.17, 15) is 4.79 Å². The topological polar surface area (TPSA) is 104 Å². The van der Waals surface area contributed by atoms with Gasteiger partial charge < -0.3 is 20.5 Å². The molecule has 0 atom stereocenters. The summed E-state index contributed by atoms with van der Waals surface area (Å²) in [6.07, 6.45) is 5.23. The van der Waals surface area contributed by atoms with Crippen molar-refractivity contribution in [1.82, 2.24) is 14.4 Å². The maximum Gasteiger partial charge on any atom is 0.256 e. The molecule has 2 heterocycles. The molecule has 0 aliphatic carbocycles. The van der Waals surface area contributed by atoms with Gasteiger partial charge in [-0.3, -0.25) is 9.20 Å². The summed E-state index contributed by atoms with van der Waals surface area (Å²) in [5, 5.41) is 3.80. The van der Waals surface area contributed by atoms with E-state index < -0.39 is 5.91 Å². The van der Waals surface area contributed by atoms with Crippen molar-refractivity contribution in [3.63, 3.8) is 0 Å². The summed E-state index contributed by atoms with van der Waals surface area (Å²) in [5.41, 5.74) is 6.88. The fraction of sp³-hybridized carbons (Fsp3) is 0.188. The van der Waals surface area contributed by atoms with Crippen molar-refractivity contribution in [2.24, 2.45) is 5.73 Å². The number of anilines is 2. The first-order valence-corrected chi connectivity index (χ1v) is 8.50. The van der Waals surface area contributed by atoms with Gasteiger partial charge in [-0.15, -0.1) is 0 Å². The quantitative estimate of drug-likeness (QED) is 0.514. The van der Waals surface area contributed by atoms with Crippen molar-refractivity contribution in [2.75, 3.05) is 25.8 Å². The number of thioether (sulfide) groups is 1. The van der Waals surface area contributed by atoms with Crippen LogP contribution < -0.4 is 20.5 Å². The van der Waals surface area contributed by atoms with Crippen molar-refractivity contribution in [3.05, 3.63) is 36.2 Å². The fourth-order valence-electron chi connectivity index (χ4n) is 2.43. The number of methoxy groups -OCH3 is 2. The van der Waals surface area contributed by atoms with Gasteiger partial charge in [-0.2, -0.15) is 0 Å². The third-order valence-electron chi connectivity index (χ3n) is 3.56. The van der Waals surface area contributed by atoms with E-state index in [1.165, 1.54) is 11.8 Å². The number of hydrogen-bond acceptors (Lipinski definition) is 7. The van der Waals surface area contributed by atoms with Gasteiger partial charge in [-0.25, -0.2) is 9.97 Å². The zero-order valence-corrected chi connectivity index (χ0v) is 14.8. The smallest absolute Gasteiger partial charge is 0.256 e. The van der Waals surface area contributed by atoms with Crippen molar-refractivity contribution in [3.8, 4) is 11.5 Å². The number of carbonyl (C=O) groups is 1. The molecular weight excluding hydrogens is 342 g/mol. The highest BCUT2D eigenvalue weighted by molar-refractivity contribution is 7.98. The summed E-state index contributed by atoms with van der Waals surface area (Å²) in [6.45, 7) is 0. The second kappa shape index (κ2) is 6.89. The number of primary amides is 1. The molecule has 0 aliphatic heterocycles. The number of imidazole rings is 1. The number of rotatable bonds is 6. The van der Waals surface area contributed by atoms with Crippen LogP contribution in [0.15, 0.2) is 35.7 Å². The second-order valence-corrected chi connectivity index (χ2v) is 5.81. The molecule has 25 heavy (non-hydrogen) atoms. The first kappa shape index (κ1) is 16.9. The molecule has 0 spiro atoms. The van der Waals surface area contributed by atoms with Crippen LogP contribution >= 0.6 is 11.8 Å². The normalized spacial score (nSPS) is 10.7. The molecule has 1 amide bonds. The molecule has 9 heteroatoms. The molecule has 1 aromatic carbocycles. The van der Waals surface area contributed by atoms with Crippen LogP contribution in [0.2, 0.25) is 0 Å². The number of benzene rings is 1. The molecule has 8 nitrogen and oxygen atoms in total. The van der Waals surface area contributed by atoms with Crippen LogP contribution in [-0.2, 0) is 0 Å². The van der Waals surface area contributed by atoms with Crippen molar-refractivity contribution >= 4 is 34.8 Å². The predicted octanol–water partition coefficient (Wildman–Crippen LogP) is 2.31. The number of aromatic nitrogens is 3. The van der Waals surface area contributed by atoms with E-state index in [0.717, 1.165) is 0 Å². The van der Waals surface area contributed by atoms with Crippen molar-refractivity contribution < 1.29 is 14.3 Å². The van der Waals surface area contributed by atoms with Gasteiger partial charge >= 0.3 is 0 Å². The van der Waals surface area contributed by atoms with Crippen LogP contribution in [-0.4, -0.2) is 40.8 Å². The summed E-state index contributed by atoms with van der Waals surface area (Å²) in [5.74, 6) is 0.920. The van der Waals surface area contributed by atoms with Crippen LogP contribution in [0.5, 0.6) is 11.5 Å². The molecule has 3 aromatic rings. The van der Waals surface area contributed by atoms with E-state index in [-0.39, 0.29) is 5.56 Å². The van der Waals surface area contributed by atoms with Crippen LogP contribution in [0.4, 0.5) is 11.5 Å². The maximum absolute atomic E-state index is 12.0. The summed E-state index contributed by atoms with van der Waals surface area (Å²) >= 11 is 1.43. The standard InChI is InChI=1S/C16H17N5O3S/c1-23-10-6-9(7-11(8-10)24-2)19-14-12(13(17)22)15-18-4-5-21(15)16(20-14)25-3/h4-8,19H,1-3H3,(H2,17,22). The van der Waals surface area contributed by atoms with Gasteiger partial charge in [0.1, 0.15) is 22.9 Å². The second-order valence-electron chi connectivity index (χ2n) is 5.03. The van der Waals surface area contributed by atoms with Gasteiger partial charge in [-0.05, 0) is 6.26 Å². The molecule has 0 bridgehead atoms. The predicted molar refractivity (Wildman–Crippen MR) is 96.1 cm³/mol. The molecule has 2 aromatic heterocycles. The highest BCUT2D eigenvalue weighted by atomic mass is 32.2. The summed E-state index contributed by atoms with van der Waals surface area (Å²) in [6, 6.07) is 5.28. The number of ether oxygens (including phenoxy) is 2. The van der Waals surface area contributed by atoms with Gasteiger partial charge in [0, 0.05) is 36.3 Å². The molecular formula is C16H17N5O3S. The average molecular weight is 359 g/mol. The SMILES string of the molecule is COc1cc(Nc2nc(SC)n3ccnc3c2C(N)=O)cc(OC)c1. The molecule has 3 N–H and O–H groups in total. The largest absolute Gasteiger partial charge is 0.497 e. The number of nitrogens with zero attached hydrogens (tertiary/aromatic N) is 3. The Hall–Kier alpha value is -2.94. The molecule has 0 radical (unpaired) electrons. The molecule has 0 aliphatic rings. The molecule has 0 unspecified atom stereocenters. The van der Waals surface area contributed by atoms with E-state index in [0.29, 0.717) is 33.8 Å². The van der Waals surface area contributed by atoms with Gasteiger partial charge in [0.05, 0.1) is 14.2 Å². The van der Waals surface area contributed by atoms with Crippen LogP contribution in [0.1, 0.15) is 10.4 Å². The van der Waals surface area contributed by atoms with E-state index in [1.54, 1.807) is 49.2 Å². The van der Waals surface area contributed by atoms with Crippen molar-refractivity contribution in [1.29, 1.82) is 0 Å². The number of nitrogens with two attached hydrogens (primary N) is 1. The number of fused-ring (bicyclic) bond motifs is 1. The van der Waals surface area contributed by atoms with Gasteiger partial charge in [0.25, 0.3) is 5.91 Å². The Morgan fingerprint density at radius 3 is 2.48 bits per heavy atom. The van der Waals surface area contributed by atoms with Gasteiger partial charge in [-0.1, -0.05) is 11.8 Å². The Kier molecular flexibility index (Phi) is 4.66. The van der Waals surface area contributed by atoms with Crippen LogP contribution in [0.25, 0.3) is 5.65 Å². The summed E-state index contributed by atoms with van der Waals surface area (Å²) in [4.78, 5) is 20.8. The fourth-order valence-corrected chi connectivity index (χ4v) is 2.96. The minimum atomic E-state index is -0.617. The van der Waals surface area contributed by atoms with Crippen molar-refractivity contribution in [2.45, 2.75) is 5.16 Å². The molecule has 0 fully saturated rings. The molecule has 130 valence electrons. The number of carbonyl (C=O) groups excluding carboxylic acids is 1. The first-order valence-electron chi connectivity index (χ1n) is 7.28. The monoisotopic (exact) mass is 359 g/mol. The average Bonchev–Trinajstić information content (AvgIpc) is 3.09. The Balaban J connectivity index is 2.15. The van der Waals surface area contributed by atoms with Crippen LogP contribution in [0.3, 0.4) is 0 Å². The van der Waals surface area contributed by atoms with E-state index in [2.05, 4.69) is 15.3 Å². The maximum atomic E-state index is 12.0. The summed E-state index contributed by atoms with van der Waals surface area (Å²) in [7, 11) is 3.13. The Bertz CT molecular complexity index is 919. The minimum absolute atomic E-state index is 0.213. The van der Waals surface area contributed by atoms with Gasteiger partial charge in [0.15, 0.2) is 10.8 Å². The number of amides is 1. The third-order valence-corrected chi connectivity index (χ3v) is 4.21. The lowest BCUT2D eigenvalue weighted by Crippen LogP contribution is -2.17. The molecule has 0 saturated heterocycles. The summed E-state index contributed by atoms with van der Waals surface area (Å²) < 4.78 is 12.3. The third kappa shape index (κ3) is 3.18. The zero-order valence-electron chi connectivity index (χ0n) is 13.9. The molecule has 3 rings (SSSR count). The Morgan fingerprint density at radius 1 is 1.24 bits per heavy atom. The van der Waals surface area contributed by atoms with E-state index >= 15 is 0 Å². The van der Waals surface area contributed by atoms with Crippen LogP contribution in [0, 0.1) is 0 Å². The Labute approximate surface area is 148 Å². The first-order chi connectivity index (χ1) is 12.1. The lowest BCUT2D eigenvalue weighted by Gasteiger charge is -2.14. The van der Waals surface area contributed by atoms with E-state index in [1.807, 2.05) is 6.26 Å². The highest BCUT2D eigenvalue weighted by Gasteiger charge is 2.19. The minimum Gasteiger partial charge on any atom is -0.497 e. The number of nitrogens with one attached hydrogen (secondary N) is 1.